The van der Waals surface area contributed by atoms with E-state index in [9.17, 15) is 4.79 Å². The van der Waals surface area contributed by atoms with Gasteiger partial charge < -0.3 is 9.72 Å². The average Bonchev–Trinajstić information content (AvgIpc) is 2.68. The molecule has 3 nitrogen and oxygen atoms in total. The molecule has 0 radical (unpaired) electrons. The third-order valence-corrected chi connectivity index (χ3v) is 3.42. The van der Waals surface area contributed by atoms with Crippen LogP contribution in [-0.2, 0) is 4.74 Å². The minimum absolute atomic E-state index is 0.267. The molecule has 4 heteroatoms. The second kappa shape index (κ2) is 3.13. The van der Waals surface area contributed by atoms with Gasteiger partial charge in [-0.3, -0.25) is 0 Å². The first-order valence-corrected chi connectivity index (χ1v) is 5.12. The fourth-order valence-corrected chi connectivity index (χ4v) is 2.52. The molecular weight excluding hydrogens is 198 g/mol. The molecule has 0 saturated heterocycles. The molecule has 0 atom stereocenters. The smallest absolute Gasteiger partial charge is 0.348 e. The zero-order chi connectivity index (χ0) is 10.3. The van der Waals surface area contributed by atoms with Crippen molar-refractivity contribution in [3.63, 3.8) is 0 Å². The van der Waals surface area contributed by atoms with Gasteiger partial charge in [0.25, 0.3) is 0 Å². The number of thiophene rings is 1. The molecule has 2 rings (SSSR count). The second-order valence-corrected chi connectivity index (χ2v) is 4.27. The molecule has 74 valence electrons. The highest BCUT2D eigenvalue weighted by Gasteiger charge is 2.13. The summed E-state index contributed by atoms with van der Waals surface area (Å²) in [5.74, 6) is -0.267. The molecule has 14 heavy (non-hydrogen) atoms. The van der Waals surface area contributed by atoms with E-state index in [2.05, 4.69) is 9.72 Å². The molecule has 0 unspecified atom stereocenters. The van der Waals surface area contributed by atoms with Crippen LogP contribution in [-0.4, -0.2) is 18.1 Å². The number of fused-ring (bicyclic) bond motifs is 1. The first-order chi connectivity index (χ1) is 6.63. The topological polar surface area (TPSA) is 42.1 Å². The van der Waals surface area contributed by atoms with Crippen molar-refractivity contribution >= 4 is 27.5 Å². The number of H-pyrrole nitrogens is 1. The number of aromatic nitrogens is 1. The van der Waals surface area contributed by atoms with Gasteiger partial charge >= 0.3 is 5.97 Å². The van der Waals surface area contributed by atoms with Crippen molar-refractivity contribution in [1.29, 1.82) is 0 Å². The lowest BCUT2D eigenvalue weighted by Crippen LogP contribution is -1.96. The van der Waals surface area contributed by atoms with Gasteiger partial charge in [-0.05, 0) is 25.5 Å². The van der Waals surface area contributed by atoms with E-state index < -0.39 is 0 Å². The van der Waals surface area contributed by atoms with Crippen LogP contribution in [0.3, 0.4) is 0 Å². The highest BCUT2D eigenvalue weighted by Crippen LogP contribution is 2.29. The van der Waals surface area contributed by atoms with E-state index in [-0.39, 0.29) is 5.97 Å². The summed E-state index contributed by atoms with van der Waals surface area (Å²) in [7, 11) is 1.40. The Hall–Kier alpha value is -1.29. The highest BCUT2D eigenvalue weighted by molar-refractivity contribution is 7.20. The number of carbonyl (C=O) groups excluding carboxylic acids is 1. The van der Waals surface area contributed by atoms with Gasteiger partial charge in [-0.15, -0.1) is 11.3 Å². The normalized spacial score (nSPS) is 10.8. The van der Waals surface area contributed by atoms with Crippen LogP contribution in [0.1, 0.15) is 20.9 Å². The Bertz CT molecular complexity index is 495. The number of aryl methyl sites for hydroxylation is 2. The quantitative estimate of drug-likeness (QED) is 0.733. The van der Waals surface area contributed by atoms with Crippen LogP contribution in [0.2, 0.25) is 0 Å². The number of hydrogen-bond donors (Lipinski definition) is 1. The van der Waals surface area contributed by atoms with Gasteiger partial charge in [-0.25, -0.2) is 4.79 Å². The van der Waals surface area contributed by atoms with Crippen LogP contribution in [0, 0.1) is 13.8 Å². The lowest BCUT2D eigenvalue weighted by Gasteiger charge is -1.92. The third kappa shape index (κ3) is 1.23. The summed E-state index contributed by atoms with van der Waals surface area (Å²) < 4.78 is 4.66. The summed E-state index contributed by atoms with van der Waals surface area (Å²) in [4.78, 5) is 16.2. The lowest BCUT2D eigenvalue weighted by molar-refractivity contribution is 0.0606. The zero-order valence-electron chi connectivity index (χ0n) is 8.30. The summed E-state index contributed by atoms with van der Waals surface area (Å²) in [5, 5.41) is 1.12. The maximum atomic E-state index is 11.3. The lowest BCUT2D eigenvalue weighted by atomic mass is 10.2. The third-order valence-electron chi connectivity index (χ3n) is 2.39. The minimum atomic E-state index is -0.267. The van der Waals surface area contributed by atoms with Crippen LogP contribution in [0.5, 0.6) is 0 Å². The molecule has 0 aliphatic rings. The highest BCUT2D eigenvalue weighted by atomic mass is 32.1. The molecule has 0 fully saturated rings. The van der Waals surface area contributed by atoms with E-state index in [1.165, 1.54) is 24.0 Å². The monoisotopic (exact) mass is 209 g/mol. The largest absolute Gasteiger partial charge is 0.465 e. The van der Waals surface area contributed by atoms with Gasteiger partial charge in [0.2, 0.25) is 0 Å². The van der Waals surface area contributed by atoms with Crippen LogP contribution >= 0.6 is 11.3 Å². The molecule has 0 aliphatic carbocycles. The van der Waals surface area contributed by atoms with Gasteiger partial charge in [0, 0.05) is 11.1 Å². The Balaban J connectivity index is 2.59. The predicted molar refractivity (Wildman–Crippen MR) is 57.0 cm³/mol. The number of aromatic amines is 1. The van der Waals surface area contributed by atoms with Gasteiger partial charge in [0.1, 0.15) is 9.71 Å². The van der Waals surface area contributed by atoms with E-state index in [0.29, 0.717) is 4.88 Å². The number of hydrogen-bond acceptors (Lipinski definition) is 3. The predicted octanol–water partition coefficient (Wildman–Crippen LogP) is 2.63. The van der Waals surface area contributed by atoms with E-state index in [0.717, 1.165) is 15.9 Å². The molecule has 0 saturated carbocycles. The molecule has 0 bridgehead atoms. The molecule has 0 aromatic carbocycles. The summed E-state index contributed by atoms with van der Waals surface area (Å²) in [5.41, 5.74) is 2.36. The van der Waals surface area contributed by atoms with Crippen molar-refractivity contribution in [2.24, 2.45) is 0 Å². The minimum Gasteiger partial charge on any atom is -0.465 e. The Labute approximate surface area is 85.7 Å². The van der Waals surface area contributed by atoms with E-state index in [4.69, 9.17) is 0 Å². The molecule has 0 spiro atoms. The van der Waals surface area contributed by atoms with Crippen LogP contribution in [0.15, 0.2) is 6.07 Å². The molecule has 0 aliphatic heterocycles. The van der Waals surface area contributed by atoms with Gasteiger partial charge in [-0.1, -0.05) is 0 Å². The summed E-state index contributed by atoms with van der Waals surface area (Å²) in [6, 6.07) is 1.88. The molecule has 0 amide bonds. The fraction of sp³-hybridized carbons (Fsp3) is 0.300. The number of rotatable bonds is 1. The second-order valence-electron chi connectivity index (χ2n) is 3.22. The maximum absolute atomic E-state index is 11.3. The van der Waals surface area contributed by atoms with Gasteiger partial charge in [-0.2, -0.15) is 0 Å². The number of ether oxygens (including phenoxy) is 1. The molecular formula is C10H11NO2S. The Kier molecular flexibility index (Phi) is 2.07. The van der Waals surface area contributed by atoms with Gasteiger partial charge in [0.05, 0.1) is 7.11 Å². The first-order valence-electron chi connectivity index (χ1n) is 4.30. The maximum Gasteiger partial charge on any atom is 0.348 e. The molecule has 2 heterocycles. The van der Waals surface area contributed by atoms with Crippen molar-refractivity contribution < 1.29 is 9.53 Å². The SMILES string of the molecule is COC(=O)c1cc2c(C)c(C)[nH]c2s1. The Morgan fingerprint density at radius 2 is 2.21 bits per heavy atom. The molecule has 1 N–H and O–H groups in total. The standard InChI is InChI=1S/C10H11NO2S/c1-5-6(2)11-9-7(5)4-8(14-9)10(12)13-3/h4,11H,1-3H3. The summed E-state index contributed by atoms with van der Waals surface area (Å²) in [6.45, 7) is 4.07. The van der Waals surface area contributed by atoms with E-state index in [1.54, 1.807) is 0 Å². The number of nitrogens with one attached hydrogen (secondary N) is 1. The number of carbonyl (C=O) groups is 1. The molecule has 2 aromatic rings. The number of esters is 1. The zero-order valence-corrected chi connectivity index (χ0v) is 9.12. The van der Waals surface area contributed by atoms with Crippen LogP contribution < -0.4 is 0 Å². The fourth-order valence-electron chi connectivity index (χ4n) is 1.43. The Morgan fingerprint density at radius 1 is 1.50 bits per heavy atom. The Morgan fingerprint density at radius 3 is 2.79 bits per heavy atom. The van der Waals surface area contributed by atoms with Crippen LogP contribution in [0.4, 0.5) is 0 Å². The first kappa shape index (κ1) is 9.27. The van der Waals surface area contributed by atoms with Crippen molar-refractivity contribution in [1.82, 2.24) is 4.98 Å². The van der Waals surface area contributed by atoms with E-state index in [1.807, 2.05) is 19.9 Å². The summed E-state index contributed by atoms with van der Waals surface area (Å²) >= 11 is 1.43. The van der Waals surface area contributed by atoms with Crippen molar-refractivity contribution in [3.05, 3.63) is 22.2 Å². The average molecular weight is 209 g/mol. The van der Waals surface area contributed by atoms with Crippen LogP contribution in [0.25, 0.3) is 10.2 Å². The van der Waals surface area contributed by atoms with Crippen molar-refractivity contribution in [2.75, 3.05) is 7.11 Å². The van der Waals surface area contributed by atoms with Crippen molar-refractivity contribution in [3.8, 4) is 0 Å². The number of methoxy groups -OCH3 is 1. The van der Waals surface area contributed by atoms with Gasteiger partial charge in [0.15, 0.2) is 0 Å². The van der Waals surface area contributed by atoms with Crippen molar-refractivity contribution in [2.45, 2.75) is 13.8 Å². The summed E-state index contributed by atoms with van der Waals surface area (Å²) in [6.07, 6.45) is 0. The molecule has 2 aromatic heterocycles. The van der Waals surface area contributed by atoms with E-state index >= 15 is 0 Å².